The van der Waals surface area contributed by atoms with Gasteiger partial charge in [0.25, 0.3) is 5.56 Å². The van der Waals surface area contributed by atoms with Crippen molar-refractivity contribution in [2.24, 2.45) is 0 Å². The Morgan fingerprint density at radius 2 is 1.76 bits per heavy atom. The van der Waals surface area contributed by atoms with E-state index >= 15 is 4.39 Å². The lowest BCUT2D eigenvalue weighted by Gasteiger charge is -2.26. The fourth-order valence-corrected chi connectivity index (χ4v) is 6.03. The molecule has 1 saturated heterocycles. The molecular weight excluding hydrogens is 636 g/mol. The minimum atomic E-state index is -0.691. The second kappa shape index (κ2) is 14.0. The van der Waals surface area contributed by atoms with Crippen LogP contribution in [0.3, 0.4) is 0 Å². The Kier molecular flexibility index (Phi) is 9.23. The molecule has 49 heavy (non-hydrogen) atoms. The lowest BCUT2D eigenvalue weighted by molar-refractivity contribution is 0.0321. The molecule has 7 rings (SSSR count). The summed E-state index contributed by atoms with van der Waals surface area (Å²) in [6.07, 6.45) is 3.43. The summed E-state index contributed by atoms with van der Waals surface area (Å²) in [5, 5.41) is 0.596. The molecule has 5 aromatic rings. The van der Waals surface area contributed by atoms with Gasteiger partial charge in [0, 0.05) is 67.6 Å². The number of fused-ring (bicyclic) bond motifs is 2. The number of aromatic nitrogens is 2. The summed E-state index contributed by atoms with van der Waals surface area (Å²) in [7, 11) is 1.55. The maximum absolute atomic E-state index is 15.5. The van der Waals surface area contributed by atoms with Crippen LogP contribution in [-0.4, -0.2) is 73.4 Å². The first-order valence-electron chi connectivity index (χ1n) is 15.9. The van der Waals surface area contributed by atoms with Crippen molar-refractivity contribution in [3.8, 4) is 34.4 Å². The molecule has 3 aromatic carbocycles. The fourth-order valence-electron chi connectivity index (χ4n) is 6.03. The summed E-state index contributed by atoms with van der Waals surface area (Å²) in [6.45, 7) is 4.57. The van der Waals surface area contributed by atoms with Crippen LogP contribution in [0, 0.1) is 11.6 Å². The number of ketones is 1. The molecule has 2 aromatic heterocycles. The molecule has 0 unspecified atom stereocenters. The zero-order chi connectivity index (χ0) is 33.9. The van der Waals surface area contributed by atoms with Crippen LogP contribution in [0.1, 0.15) is 21.5 Å². The number of carbonyl (C=O) groups is 1. The number of nitrogens with zero attached hydrogens (tertiary/aromatic N) is 3. The van der Waals surface area contributed by atoms with Crippen LogP contribution in [0.25, 0.3) is 16.6 Å². The highest BCUT2D eigenvalue weighted by Gasteiger charge is 2.27. The van der Waals surface area contributed by atoms with E-state index < -0.39 is 23.0 Å². The Balaban J connectivity index is 1.11. The molecule has 10 nitrogen and oxygen atoms in total. The summed E-state index contributed by atoms with van der Waals surface area (Å²) in [4.78, 5) is 33.8. The van der Waals surface area contributed by atoms with Gasteiger partial charge in [-0.25, -0.2) is 8.78 Å². The smallest absolute Gasteiger partial charge is 0.269 e. The number of benzene rings is 3. The minimum absolute atomic E-state index is 0.0584. The highest BCUT2D eigenvalue weighted by molar-refractivity contribution is 6.00. The van der Waals surface area contributed by atoms with Crippen LogP contribution in [-0.2, 0) is 17.6 Å². The number of morpholine rings is 1. The van der Waals surface area contributed by atoms with E-state index in [0.717, 1.165) is 19.6 Å². The molecule has 0 saturated carbocycles. The number of halogens is 2. The van der Waals surface area contributed by atoms with Crippen LogP contribution in [0.2, 0.25) is 0 Å². The van der Waals surface area contributed by atoms with Gasteiger partial charge in [0.2, 0.25) is 0 Å². The summed E-state index contributed by atoms with van der Waals surface area (Å²) in [5.41, 5.74) is 1.30. The molecule has 252 valence electrons. The normalized spacial score (nSPS) is 14.3. The van der Waals surface area contributed by atoms with Crippen molar-refractivity contribution in [3.05, 3.63) is 112 Å². The zero-order valence-electron chi connectivity index (χ0n) is 26.7. The van der Waals surface area contributed by atoms with Gasteiger partial charge < -0.3 is 23.7 Å². The first-order chi connectivity index (χ1) is 23.9. The number of carbonyl (C=O) groups excluding carboxylic acids is 1. The second-order valence-electron chi connectivity index (χ2n) is 11.7. The quantitative estimate of drug-likeness (QED) is 0.168. The van der Waals surface area contributed by atoms with Crippen LogP contribution < -0.4 is 24.5 Å². The van der Waals surface area contributed by atoms with Crippen molar-refractivity contribution >= 4 is 16.7 Å². The first-order valence-corrected chi connectivity index (χ1v) is 15.9. The van der Waals surface area contributed by atoms with Gasteiger partial charge in [-0.3, -0.25) is 24.0 Å². The highest BCUT2D eigenvalue weighted by atomic mass is 19.1. The Labute approximate surface area is 280 Å². The third kappa shape index (κ3) is 6.83. The van der Waals surface area contributed by atoms with Gasteiger partial charge in [-0.2, -0.15) is 0 Å². The molecule has 2 aliphatic rings. The van der Waals surface area contributed by atoms with Gasteiger partial charge in [-0.05, 0) is 54.1 Å². The Bertz CT molecular complexity index is 2080. The average molecular weight is 670 g/mol. The molecule has 1 fully saturated rings. The molecule has 0 spiro atoms. The lowest BCUT2D eigenvalue weighted by Crippen LogP contribution is -2.38. The fraction of sp³-hybridized carbons (Fsp3) is 0.270. The lowest BCUT2D eigenvalue weighted by atomic mass is 10.0. The number of pyridine rings is 2. The summed E-state index contributed by atoms with van der Waals surface area (Å²) in [6, 6.07) is 14.8. The predicted molar refractivity (Wildman–Crippen MR) is 177 cm³/mol. The van der Waals surface area contributed by atoms with Gasteiger partial charge in [-0.15, -0.1) is 0 Å². The van der Waals surface area contributed by atoms with Crippen molar-refractivity contribution < 1.29 is 37.3 Å². The van der Waals surface area contributed by atoms with E-state index in [1.807, 2.05) is 0 Å². The van der Waals surface area contributed by atoms with Gasteiger partial charge in [0.1, 0.15) is 29.5 Å². The summed E-state index contributed by atoms with van der Waals surface area (Å²) >= 11 is 0. The molecule has 2 aliphatic heterocycles. The van der Waals surface area contributed by atoms with E-state index in [-0.39, 0.29) is 23.5 Å². The molecule has 12 heteroatoms. The second-order valence-corrected chi connectivity index (χ2v) is 11.7. The van der Waals surface area contributed by atoms with Crippen molar-refractivity contribution in [1.82, 2.24) is 14.5 Å². The topological polar surface area (TPSA) is 101 Å². The highest BCUT2D eigenvalue weighted by Crippen LogP contribution is 2.38. The summed E-state index contributed by atoms with van der Waals surface area (Å²) < 4.78 is 59.1. The number of hydrogen-bond donors (Lipinski definition) is 0. The standard InChI is InChI=1S/C37H33F2N3O7/c1-45-33-21-29-27(20-34(33)47-17-13-41-11-15-46-16-12-41)31(8-10-40-29)49-32-7-2-23(18-28(32)39)19-30(43)35-36-24(9-14-48-36)22-42(37(35)44)26-5-3-25(38)4-6-26/h2-8,10,18,20-22H,9,11-17,19H2,1H3. The SMILES string of the molecule is COc1cc2nccc(Oc3ccc(CC(=O)c4c5c(cn(-c6ccc(F)cc6)c4=O)CCO5)cc3F)c2cc1OCCN1CCOCC1. The number of methoxy groups -OCH3 is 1. The third-order valence-electron chi connectivity index (χ3n) is 8.57. The molecule has 0 aliphatic carbocycles. The van der Waals surface area contributed by atoms with Gasteiger partial charge in [-0.1, -0.05) is 6.07 Å². The van der Waals surface area contributed by atoms with E-state index in [1.165, 1.54) is 41.0 Å². The number of hydrogen-bond acceptors (Lipinski definition) is 9. The van der Waals surface area contributed by atoms with Crippen LogP contribution >= 0.6 is 0 Å². The van der Waals surface area contributed by atoms with Gasteiger partial charge in [0.15, 0.2) is 28.8 Å². The van der Waals surface area contributed by atoms with E-state index in [9.17, 15) is 14.0 Å². The van der Waals surface area contributed by atoms with E-state index in [1.54, 1.807) is 43.8 Å². The van der Waals surface area contributed by atoms with Crippen molar-refractivity contribution in [3.63, 3.8) is 0 Å². The molecule has 0 N–H and O–H groups in total. The van der Waals surface area contributed by atoms with Crippen molar-refractivity contribution in [2.45, 2.75) is 12.8 Å². The van der Waals surface area contributed by atoms with Crippen molar-refractivity contribution in [2.75, 3.05) is 53.2 Å². The summed E-state index contributed by atoms with van der Waals surface area (Å²) in [5.74, 6) is -0.114. The number of ether oxygens (including phenoxy) is 5. The number of rotatable bonds is 11. The zero-order valence-corrected chi connectivity index (χ0v) is 26.7. The minimum Gasteiger partial charge on any atom is -0.493 e. The Morgan fingerprint density at radius 3 is 2.53 bits per heavy atom. The van der Waals surface area contributed by atoms with E-state index in [0.29, 0.717) is 77.8 Å². The molecule has 0 radical (unpaired) electrons. The van der Waals surface area contributed by atoms with Crippen LogP contribution in [0.15, 0.2) is 77.9 Å². The van der Waals surface area contributed by atoms with Crippen LogP contribution in [0.5, 0.6) is 28.7 Å². The predicted octanol–water partition coefficient (Wildman–Crippen LogP) is 5.54. The van der Waals surface area contributed by atoms with Crippen molar-refractivity contribution in [1.29, 1.82) is 0 Å². The average Bonchev–Trinajstić information content (AvgIpc) is 3.58. The van der Waals surface area contributed by atoms with Crippen LogP contribution in [0.4, 0.5) is 8.78 Å². The molecule has 0 amide bonds. The largest absolute Gasteiger partial charge is 0.493 e. The Morgan fingerprint density at radius 1 is 0.939 bits per heavy atom. The number of Topliss-reactive ketones (excluding diaryl/α,β-unsaturated/α-hetero) is 1. The molecule has 0 atom stereocenters. The van der Waals surface area contributed by atoms with E-state index in [4.69, 9.17) is 23.7 Å². The molecule has 4 heterocycles. The maximum Gasteiger partial charge on any atom is 0.269 e. The molecular formula is C37H33F2N3O7. The molecule has 0 bridgehead atoms. The van der Waals surface area contributed by atoms with Gasteiger partial charge >= 0.3 is 0 Å². The monoisotopic (exact) mass is 669 g/mol. The maximum atomic E-state index is 15.5. The van der Waals surface area contributed by atoms with Gasteiger partial charge in [0.05, 0.1) is 32.4 Å². The first kappa shape index (κ1) is 32.2. The third-order valence-corrected chi connectivity index (χ3v) is 8.57. The Hall–Kier alpha value is -5.33. The van der Waals surface area contributed by atoms with E-state index in [2.05, 4.69) is 9.88 Å².